The van der Waals surface area contributed by atoms with Crippen molar-refractivity contribution in [3.8, 4) is 0 Å². The van der Waals surface area contributed by atoms with Crippen molar-refractivity contribution in [2.24, 2.45) is 5.92 Å². The van der Waals surface area contributed by atoms with Crippen molar-refractivity contribution in [2.75, 3.05) is 5.75 Å². The van der Waals surface area contributed by atoms with Gasteiger partial charge in [0.05, 0.1) is 0 Å². The molecular weight excluding hydrogens is 220 g/mol. The molecule has 0 spiro atoms. The molecule has 0 aliphatic rings. The van der Waals surface area contributed by atoms with E-state index in [-0.39, 0.29) is 0 Å². The van der Waals surface area contributed by atoms with Gasteiger partial charge in [-0.1, -0.05) is 33.1 Å². The van der Waals surface area contributed by atoms with Crippen LogP contribution < -0.4 is 0 Å². The van der Waals surface area contributed by atoms with E-state index >= 15 is 0 Å². The second-order valence-electron chi connectivity index (χ2n) is 4.07. The number of hydrogen-bond donors (Lipinski definition) is 0. The van der Waals surface area contributed by atoms with Gasteiger partial charge in [-0.25, -0.2) is 0 Å². The van der Waals surface area contributed by atoms with Crippen molar-refractivity contribution in [2.45, 2.75) is 51.3 Å². The van der Waals surface area contributed by atoms with E-state index in [4.69, 9.17) is 0 Å². The van der Waals surface area contributed by atoms with Gasteiger partial charge in [-0.15, -0.1) is 23.1 Å². The first-order valence-corrected chi connectivity index (χ1v) is 7.81. The molecule has 0 aliphatic carbocycles. The van der Waals surface area contributed by atoms with Crippen LogP contribution in [0.2, 0.25) is 0 Å². The molecule has 1 unspecified atom stereocenters. The maximum absolute atomic E-state index is 2.32. The van der Waals surface area contributed by atoms with Crippen LogP contribution >= 0.6 is 23.1 Å². The third-order valence-electron chi connectivity index (χ3n) is 2.83. The van der Waals surface area contributed by atoms with Crippen LogP contribution in [0.3, 0.4) is 0 Å². The molecule has 0 aliphatic heterocycles. The largest absolute Gasteiger partial charge is 0.148 e. The lowest BCUT2D eigenvalue weighted by Crippen LogP contribution is -2.01. The molecule has 1 atom stereocenters. The average Bonchev–Trinajstić information content (AvgIpc) is 2.65. The predicted molar refractivity (Wildman–Crippen MR) is 73.1 cm³/mol. The van der Waals surface area contributed by atoms with Crippen LogP contribution in [-0.4, -0.2) is 5.75 Å². The molecular formula is C13H22S2. The summed E-state index contributed by atoms with van der Waals surface area (Å²) in [5.74, 6) is 2.21. The molecule has 0 nitrogen and oxygen atoms in total. The Labute approximate surface area is 102 Å². The number of hydrogen-bond acceptors (Lipinski definition) is 2. The molecule has 0 N–H and O–H groups in total. The lowest BCUT2D eigenvalue weighted by Gasteiger charge is -2.13. The Balaban J connectivity index is 2.31. The summed E-state index contributed by atoms with van der Waals surface area (Å²) in [6.07, 6.45) is 5.46. The van der Waals surface area contributed by atoms with Crippen molar-refractivity contribution < 1.29 is 0 Å². The number of thioether (sulfide) groups is 1. The zero-order valence-corrected chi connectivity index (χ0v) is 11.7. The first-order chi connectivity index (χ1) is 7.27. The van der Waals surface area contributed by atoms with Crippen molar-refractivity contribution >= 4 is 23.1 Å². The van der Waals surface area contributed by atoms with Crippen LogP contribution in [-0.2, 0) is 0 Å². The van der Waals surface area contributed by atoms with E-state index in [1.165, 1.54) is 41.2 Å². The van der Waals surface area contributed by atoms with Crippen LogP contribution in [0.5, 0.6) is 0 Å². The Kier molecular flexibility index (Phi) is 6.42. The van der Waals surface area contributed by atoms with Crippen molar-refractivity contribution in [1.29, 1.82) is 0 Å². The lowest BCUT2D eigenvalue weighted by molar-refractivity contribution is 0.499. The summed E-state index contributed by atoms with van der Waals surface area (Å²) in [5, 5.41) is 2.20. The molecule has 1 aromatic rings. The molecule has 0 saturated carbocycles. The molecule has 0 radical (unpaired) electrons. The smallest absolute Gasteiger partial charge is 0.0208 e. The van der Waals surface area contributed by atoms with Gasteiger partial charge in [-0.3, -0.25) is 0 Å². The molecule has 0 bridgehead atoms. The summed E-state index contributed by atoms with van der Waals surface area (Å²) in [5.41, 5.74) is 0. The third kappa shape index (κ3) is 4.60. The molecule has 0 saturated heterocycles. The van der Waals surface area contributed by atoms with E-state index < -0.39 is 0 Å². The van der Waals surface area contributed by atoms with E-state index in [0.29, 0.717) is 0 Å². The molecule has 0 amide bonds. The first-order valence-electron chi connectivity index (χ1n) is 5.94. The second kappa shape index (κ2) is 7.34. The van der Waals surface area contributed by atoms with Gasteiger partial charge in [0.2, 0.25) is 0 Å². The molecule has 86 valence electrons. The van der Waals surface area contributed by atoms with Crippen molar-refractivity contribution in [1.82, 2.24) is 0 Å². The number of thiophene rings is 1. The standard InChI is InChI=1S/C13H22S2/c1-4-6-7-12(5-2)10-15-13-8-9-14-11(13)3/h8-9,12H,4-7,10H2,1-3H3. The van der Waals surface area contributed by atoms with Crippen molar-refractivity contribution in [3.63, 3.8) is 0 Å². The molecule has 0 aromatic carbocycles. The Morgan fingerprint density at radius 1 is 1.40 bits per heavy atom. The van der Waals surface area contributed by atoms with Crippen LogP contribution in [0.4, 0.5) is 0 Å². The fourth-order valence-corrected chi connectivity index (χ4v) is 3.81. The summed E-state index contributed by atoms with van der Waals surface area (Å²) < 4.78 is 0. The first kappa shape index (κ1) is 13.1. The maximum Gasteiger partial charge on any atom is 0.0208 e. The summed E-state index contributed by atoms with van der Waals surface area (Å²) >= 11 is 3.91. The Morgan fingerprint density at radius 3 is 2.73 bits per heavy atom. The molecule has 2 heteroatoms. The van der Waals surface area contributed by atoms with E-state index in [2.05, 4.69) is 32.2 Å². The second-order valence-corrected chi connectivity index (χ2v) is 6.25. The summed E-state index contributed by atoms with van der Waals surface area (Å²) in [4.78, 5) is 2.97. The zero-order valence-electron chi connectivity index (χ0n) is 10.1. The van der Waals surface area contributed by atoms with E-state index in [9.17, 15) is 0 Å². The van der Waals surface area contributed by atoms with Gasteiger partial charge in [-0.05, 0) is 30.7 Å². The topological polar surface area (TPSA) is 0 Å². The summed E-state index contributed by atoms with van der Waals surface area (Å²) in [7, 11) is 0. The van der Waals surface area contributed by atoms with Crippen molar-refractivity contribution in [3.05, 3.63) is 16.3 Å². The Hall–Kier alpha value is 0.0500. The fraction of sp³-hybridized carbons (Fsp3) is 0.692. The van der Waals surface area contributed by atoms with Gasteiger partial charge >= 0.3 is 0 Å². The number of aryl methyl sites for hydroxylation is 1. The van der Waals surface area contributed by atoms with Gasteiger partial charge in [-0.2, -0.15) is 0 Å². The molecule has 0 fully saturated rings. The van der Waals surface area contributed by atoms with Crippen LogP contribution in [0.25, 0.3) is 0 Å². The van der Waals surface area contributed by atoms with Crippen LogP contribution in [0, 0.1) is 12.8 Å². The highest BCUT2D eigenvalue weighted by atomic mass is 32.2. The highest BCUT2D eigenvalue weighted by molar-refractivity contribution is 7.99. The Morgan fingerprint density at radius 2 is 2.20 bits per heavy atom. The molecule has 1 aromatic heterocycles. The minimum Gasteiger partial charge on any atom is -0.148 e. The van der Waals surface area contributed by atoms with Gasteiger partial charge in [0, 0.05) is 15.5 Å². The van der Waals surface area contributed by atoms with Gasteiger partial charge in [0.25, 0.3) is 0 Å². The van der Waals surface area contributed by atoms with Gasteiger partial charge < -0.3 is 0 Å². The summed E-state index contributed by atoms with van der Waals surface area (Å²) in [6, 6.07) is 2.26. The minimum absolute atomic E-state index is 0.911. The van der Waals surface area contributed by atoms with Crippen LogP contribution in [0.15, 0.2) is 16.3 Å². The predicted octanol–water partition coefficient (Wildman–Crippen LogP) is 5.37. The number of unbranched alkanes of at least 4 members (excludes halogenated alkanes) is 1. The van der Waals surface area contributed by atoms with Gasteiger partial charge in [0.1, 0.15) is 0 Å². The minimum atomic E-state index is 0.911. The SMILES string of the molecule is CCCCC(CC)CSc1ccsc1C. The maximum atomic E-state index is 2.32. The van der Waals surface area contributed by atoms with E-state index in [1.54, 1.807) is 0 Å². The number of rotatable bonds is 7. The fourth-order valence-electron chi connectivity index (χ4n) is 1.63. The molecule has 1 rings (SSSR count). The van der Waals surface area contributed by atoms with Gasteiger partial charge in [0.15, 0.2) is 0 Å². The Bertz CT molecular complexity index is 265. The van der Waals surface area contributed by atoms with E-state index in [1.807, 2.05) is 23.1 Å². The monoisotopic (exact) mass is 242 g/mol. The normalized spacial score (nSPS) is 13.0. The molecule has 1 heterocycles. The van der Waals surface area contributed by atoms with E-state index in [0.717, 1.165) is 5.92 Å². The zero-order chi connectivity index (χ0) is 11.1. The summed E-state index contributed by atoms with van der Waals surface area (Å²) in [6.45, 7) is 6.82. The quantitative estimate of drug-likeness (QED) is 0.580. The third-order valence-corrected chi connectivity index (χ3v) is 5.20. The van der Waals surface area contributed by atoms with Crippen LogP contribution in [0.1, 0.15) is 44.4 Å². The average molecular weight is 242 g/mol. The molecule has 15 heavy (non-hydrogen) atoms. The highest BCUT2D eigenvalue weighted by Gasteiger charge is 2.08. The highest BCUT2D eigenvalue weighted by Crippen LogP contribution is 2.30. The lowest BCUT2D eigenvalue weighted by atomic mass is 10.0.